The van der Waals surface area contributed by atoms with E-state index < -0.39 is 16.7 Å². The van der Waals surface area contributed by atoms with Gasteiger partial charge in [-0.2, -0.15) is 5.10 Å². The van der Waals surface area contributed by atoms with E-state index in [0.717, 1.165) is 0 Å². The molecule has 11 heteroatoms. The fourth-order valence-electron chi connectivity index (χ4n) is 3.13. The van der Waals surface area contributed by atoms with Crippen molar-refractivity contribution in [1.29, 1.82) is 0 Å². The molecule has 0 aliphatic rings. The van der Waals surface area contributed by atoms with Crippen molar-refractivity contribution in [2.45, 2.75) is 20.1 Å². The number of carbonyl (C=O) groups excluding carboxylic acids is 2. The van der Waals surface area contributed by atoms with Crippen molar-refractivity contribution in [1.82, 2.24) is 9.78 Å². The summed E-state index contributed by atoms with van der Waals surface area (Å²) in [6.07, 6.45) is 1.57. The van der Waals surface area contributed by atoms with Crippen molar-refractivity contribution in [3.63, 3.8) is 0 Å². The van der Waals surface area contributed by atoms with Gasteiger partial charge in [-0.15, -0.1) is 0 Å². The van der Waals surface area contributed by atoms with E-state index in [4.69, 9.17) is 9.15 Å². The van der Waals surface area contributed by atoms with Gasteiger partial charge in [-0.3, -0.25) is 24.4 Å². The van der Waals surface area contributed by atoms with Gasteiger partial charge in [0.1, 0.15) is 18.1 Å². The normalized spacial score (nSPS) is 10.5. The number of hydrogen-bond acceptors (Lipinski definition) is 7. The largest absolute Gasteiger partial charge is 0.486 e. The number of amides is 2. The molecule has 2 aromatic heterocycles. The number of aromatic nitrogens is 2. The first-order chi connectivity index (χ1) is 16.9. The summed E-state index contributed by atoms with van der Waals surface area (Å²) in [4.78, 5) is 35.7. The van der Waals surface area contributed by atoms with Crippen LogP contribution in [0.2, 0.25) is 0 Å². The van der Waals surface area contributed by atoms with Crippen molar-refractivity contribution >= 4 is 28.9 Å². The molecule has 4 rings (SSSR count). The predicted octanol–water partition coefficient (Wildman–Crippen LogP) is 4.49. The first kappa shape index (κ1) is 23.2. The maximum Gasteiger partial charge on any atom is 0.291 e. The third-order valence-corrected chi connectivity index (χ3v) is 4.89. The van der Waals surface area contributed by atoms with E-state index >= 15 is 0 Å². The number of nitrogens with one attached hydrogen (secondary N) is 2. The molecule has 0 fully saturated rings. The van der Waals surface area contributed by atoms with Crippen molar-refractivity contribution in [2.24, 2.45) is 0 Å². The average Bonchev–Trinajstić information content (AvgIpc) is 3.51. The number of benzene rings is 2. The Kier molecular flexibility index (Phi) is 6.86. The standard InChI is InChI=1S/C24H21N5O6/c1-2-28-14-20(22(27-28)24(31)25-16-6-4-3-5-7-16)26-23(30)21-13-12-19(35-21)15-34-18-10-8-17(9-11-18)29(32)33/h3-14H,2,15H2,1H3,(H,25,31)(H,26,30). The fourth-order valence-corrected chi connectivity index (χ4v) is 3.13. The van der Waals surface area contributed by atoms with Gasteiger partial charge >= 0.3 is 0 Å². The van der Waals surface area contributed by atoms with E-state index in [-0.39, 0.29) is 29.4 Å². The second-order valence-electron chi connectivity index (χ2n) is 7.33. The van der Waals surface area contributed by atoms with Crippen LogP contribution in [-0.4, -0.2) is 26.5 Å². The van der Waals surface area contributed by atoms with Crippen LogP contribution in [0.3, 0.4) is 0 Å². The van der Waals surface area contributed by atoms with Gasteiger partial charge in [0.25, 0.3) is 17.5 Å². The fraction of sp³-hybridized carbons (Fsp3) is 0.125. The number of nitro groups is 1. The molecular weight excluding hydrogens is 454 g/mol. The van der Waals surface area contributed by atoms with Crippen molar-refractivity contribution in [2.75, 3.05) is 10.6 Å². The van der Waals surface area contributed by atoms with E-state index in [2.05, 4.69) is 15.7 Å². The molecule has 0 radical (unpaired) electrons. The molecule has 0 unspecified atom stereocenters. The Bertz CT molecular complexity index is 1340. The molecule has 0 atom stereocenters. The zero-order valence-electron chi connectivity index (χ0n) is 18.6. The van der Waals surface area contributed by atoms with Gasteiger partial charge in [0, 0.05) is 30.6 Å². The van der Waals surface area contributed by atoms with Crippen LogP contribution in [-0.2, 0) is 13.2 Å². The summed E-state index contributed by atoms with van der Waals surface area (Å²) in [6.45, 7) is 2.39. The third-order valence-electron chi connectivity index (χ3n) is 4.89. The number of furan rings is 1. The molecule has 0 bridgehead atoms. The number of rotatable bonds is 9. The molecule has 2 amide bonds. The Hall–Kier alpha value is -4.93. The molecule has 11 nitrogen and oxygen atoms in total. The molecule has 0 spiro atoms. The van der Waals surface area contributed by atoms with Crippen molar-refractivity contribution < 1.29 is 23.7 Å². The smallest absolute Gasteiger partial charge is 0.291 e. The lowest BCUT2D eigenvalue weighted by Crippen LogP contribution is -2.17. The minimum atomic E-state index is -0.559. The Labute approximate surface area is 199 Å². The first-order valence-electron chi connectivity index (χ1n) is 10.6. The SMILES string of the molecule is CCn1cc(NC(=O)c2ccc(COc3ccc([N+](=O)[O-])cc3)o2)c(C(=O)Nc2ccccc2)n1. The van der Waals surface area contributed by atoms with Crippen LogP contribution >= 0.6 is 0 Å². The van der Waals surface area contributed by atoms with E-state index in [1.807, 2.05) is 13.0 Å². The molecule has 2 heterocycles. The van der Waals surface area contributed by atoms with Gasteiger partial charge in [-0.25, -0.2) is 0 Å². The summed E-state index contributed by atoms with van der Waals surface area (Å²) in [5, 5.41) is 20.4. The molecule has 178 valence electrons. The van der Waals surface area contributed by atoms with Crippen LogP contribution in [0.1, 0.15) is 33.7 Å². The number of anilines is 2. The highest BCUT2D eigenvalue weighted by Gasteiger charge is 2.21. The van der Waals surface area contributed by atoms with Crippen LogP contribution < -0.4 is 15.4 Å². The second kappa shape index (κ2) is 10.3. The second-order valence-corrected chi connectivity index (χ2v) is 7.33. The Morgan fingerprint density at radius 3 is 2.46 bits per heavy atom. The number of aryl methyl sites for hydroxylation is 1. The summed E-state index contributed by atoms with van der Waals surface area (Å²) in [7, 11) is 0. The van der Waals surface area contributed by atoms with Crippen LogP contribution in [0.4, 0.5) is 17.1 Å². The number of non-ortho nitro benzene ring substituents is 1. The molecule has 0 saturated carbocycles. The van der Waals surface area contributed by atoms with Crippen molar-refractivity contribution in [3.05, 3.63) is 100 Å². The van der Waals surface area contributed by atoms with Crippen LogP contribution in [0.5, 0.6) is 5.75 Å². The molecular formula is C24H21N5O6. The van der Waals surface area contributed by atoms with Crippen molar-refractivity contribution in [3.8, 4) is 5.75 Å². The third kappa shape index (κ3) is 5.71. The quantitative estimate of drug-likeness (QED) is 0.268. The van der Waals surface area contributed by atoms with E-state index in [0.29, 0.717) is 23.7 Å². The number of hydrogen-bond donors (Lipinski definition) is 2. The van der Waals surface area contributed by atoms with Crippen LogP contribution in [0.15, 0.2) is 77.3 Å². The first-order valence-corrected chi connectivity index (χ1v) is 10.6. The number of nitro benzene ring substituents is 1. The molecule has 0 saturated heterocycles. The number of carbonyl (C=O) groups is 2. The summed E-state index contributed by atoms with van der Waals surface area (Å²) in [5.41, 5.74) is 0.866. The topological polar surface area (TPSA) is 142 Å². The predicted molar refractivity (Wildman–Crippen MR) is 126 cm³/mol. The highest BCUT2D eigenvalue weighted by Crippen LogP contribution is 2.21. The highest BCUT2D eigenvalue weighted by molar-refractivity contribution is 6.10. The molecule has 4 aromatic rings. The maximum atomic E-state index is 12.8. The summed E-state index contributed by atoms with van der Waals surface area (Å²) in [5.74, 6) is -0.212. The number of para-hydroxylation sites is 1. The summed E-state index contributed by atoms with van der Waals surface area (Å²) < 4.78 is 12.6. The van der Waals surface area contributed by atoms with Gasteiger partial charge in [0.15, 0.2) is 11.5 Å². The number of nitrogens with zero attached hydrogens (tertiary/aromatic N) is 3. The summed E-state index contributed by atoms with van der Waals surface area (Å²) in [6, 6.07) is 17.6. The lowest BCUT2D eigenvalue weighted by molar-refractivity contribution is -0.384. The average molecular weight is 475 g/mol. The Morgan fingerprint density at radius 2 is 1.77 bits per heavy atom. The summed E-state index contributed by atoms with van der Waals surface area (Å²) >= 11 is 0. The number of ether oxygens (including phenoxy) is 1. The zero-order chi connectivity index (χ0) is 24.8. The lowest BCUT2D eigenvalue weighted by atomic mass is 10.3. The van der Waals surface area contributed by atoms with E-state index in [9.17, 15) is 19.7 Å². The maximum absolute atomic E-state index is 12.8. The van der Waals surface area contributed by atoms with Gasteiger partial charge in [0.2, 0.25) is 0 Å². The molecule has 2 N–H and O–H groups in total. The van der Waals surface area contributed by atoms with Gasteiger partial charge < -0.3 is 19.8 Å². The van der Waals surface area contributed by atoms with E-state index in [1.165, 1.54) is 30.3 Å². The lowest BCUT2D eigenvalue weighted by Gasteiger charge is -2.06. The Balaban J connectivity index is 1.41. The molecule has 0 aliphatic carbocycles. The molecule has 2 aromatic carbocycles. The molecule has 0 aliphatic heterocycles. The van der Waals surface area contributed by atoms with Gasteiger partial charge in [-0.1, -0.05) is 18.2 Å². The van der Waals surface area contributed by atoms with Crippen LogP contribution in [0, 0.1) is 10.1 Å². The van der Waals surface area contributed by atoms with Crippen LogP contribution in [0.25, 0.3) is 0 Å². The monoisotopic (exact) mass is 475 g/mol. The minimum Gasteiger partial charge on any atom is -0.486 e. The Morgan fingerprint density at radius 1 is 1.03 bits per heavy atom. The highest BCUT2D eigenvalue weighted by atomic mass is 16.6. The van der Waals surface area contributed by atoms with E-state index in [1.54, 1.807) is 41.2 Å². The van der Waals surface area contributed by atoms with Gasteiger partial charge in [-0.05, 0) is 43.3 Å². The zero-order valence-corrected chi connectivity index (χ0v) is 18.6. The minimum absolute atomic E-state index is 0.0175. The molecule has 35 heavy (non-hydrogen) atoms. The van der Waals surface area contributed by atoms with Gasteiger partial charge in [0.05, 0.1) is 10.6 Å².